The predicted molar refractivity (Wildman–Crippen MR) is 204 cm³/mol. The van der Waals surface area contributed by atoms with Gasteiger partial charge in [-0.2, -0.15) is 0 Å². The molecule has 0 aliphatic rings. The second-order valence-corrected chi connectivity index (χ2v) is 13.6. The number of rotatable bonds is 36. The van der Waals surface area contributed by atoms with Gasteiger partial charge < -0.3 is 19.9 Å². The standard InChI is InChI=1S/C41H77NO3.ClH/c1-3-5-7-9-11-13-15-17-19-21-23-25-27-29-35-44-40-32-31-39(38-42-33-34-43)37-41(40)45-36-30-28-26-24-22-20-18-16-14-12-10-8-6-4-2;/h31-32,37,42-43H,3-30,33-36,38H2,1-2H3;1H. The van der Waals surface area contributed by atoms with Crippen LogP contribution in [-0.4, -0.2) is 31.5 Å². The molecule has 0 spiro atoms. The first-order valence-electron chi connectivity index (χ1n) is 20.0. The van der Waals surface area contributed by atoms with E-state index in [1.54, 1.807) is 0 Å². The number of aliphatic hydroxyl groups excluding tert-OH is 1. The second kappa shape index (κ2) is 36.9. The molecule has 0 atom stereocenters. The van der Waals surface area contributed by atoms with Crippen molar-refractivity contribution >= 4 is 12.4 Å². The topological polar surface area (TPSA) is 50.7 Å². The zero-order chi connectivity index (χ0) is 32.3. The van der Waals surface area contributed by atoms with Crippen molar-refractivity contribution in [3.63, 3.8) is 0 Å². The molecule has 0 radical (unpaired) electrons. The van der Waals surface area contributed by atoms with E-state index in [0.717, 1.165) is 44.1 Å². The molecule has 0 bridgehead atoms. The normalized spacial score (nSPS) is 11.1. The van der Waals surface area contributed by atoms with Gasteiger partial charge >= 0.3 is 0 Å². The summed E-state index contributed by atoms with van der Waals surface area (Å²) in [7, 11) is 0. The fourth-order valence-corrected chi connectivity index (χ4v) is 6.16. The van der Waals surface area contributed by atoms with Crippen molar-refractivity contribution < 1.29 is 14.6 Å². The van der Waals surface area contributed by atoms with Gasteiger partial charge in [0.15, 0.2) is 11.5 Å². The summed E-state index contributed by atoms with van der Waals surface area (Å²) in [5.74, 6) is 1.75. The number of unbranched alkanes of at least 4 members (excludes halogenated alkanes) is 26. The van der Waals surface area contributed by atoms with Crippen LogP contribution in [0.4, 0.5) is 0 Å². The Kier molecular flexibility index (Phi) is 36.1. The molecule has 0 aromatic heterocycles. The van der Waals surface area contributed by atoms with Crippen LogP contribution in [0.3, 0.4) is 0 Å². The Morgan fingerprint density at radius 2 is 0.826 bits per heavy atom. The third-order valence-electron chi connectivity index (χ3n) is 9.14. The molecular weight excluding hydrogens is 590 g/mol. The van der Waals surface area contributed by atoms with Crippen LogP contribution >= 0.6 is 12.4 Å². The van der Waals surface area contributed by atoms with E-state index < -0.39 is 0 Å². The molecule has 4 nitrogen and oxygen atoms in total. The molecule has 2 N–H and O–H groups in total. The summed E-state index contributed by atoms with van der Waals surface area (Å²) in [6.07, 6.45) is 38.3. The summed E-state index contributed by atoms with van der Waals surface area (Å²) in [6.45, 7) is 7.58. The van der Waals surface area contributed by atoms with Gasteiger partial charge in [0, 0.05) is 13.1 Å². The molecule has 0 saturated carbocycles. The van der Waals surface area contributed by atoms with Gasteiger partial charge in [0.05, 0.1) is 19.8 Å². The van der Waals surface area contributed by atoms with Crippen molar-refractivity contribution in [3.05, 3.63) is 23.8 Å². The third kappa shape index (κ3) is 29.2. The third-order valence-corrected chi connectivity index (χ3v) is 9.14. The summed E-state index contributed by atoms with van der Waals surface area (Å²) < 4.78 is 12.5. The maximum absolute atomic E-state index is 9.10. The first-order valence-corrected chi connectivity index (χ1v) is 20.0. The molecule has 0 fully saturated rings. The maximum Gasteiger partial charge on any atom is 0.161 e. The first-order chi connectivity index (χ1) is 22.3. The molecule has 0 heterocycles. The Morgan fingerprint density at radius 3 is 1.20 bits per heavy atom. The fraction of sp³-hybridized carbons (Fsp3) is 0.854. The Hall–Kier alpha value is -0.970. The number of aliphatic hydroxyl groups is 1. The molecule has 5 heteroatoms. The van der Waals surface area contributed by atoms with Crippen molar-refractivity contribution in [3.8, 4) is 11.5 Å². The van der Waals surface area contributed by atoms with Gasteiger partial charge in [-0.3, -0.25) is 0 Å². The largest absolute Gasteiger partial charge is 0.490 e. The van der Waals surface area contributed by atoms with Gasteiger partial charge in [0.1, 0.15) is 0 Å². The Labute approximate surface area is 293 Å². The number of benzene rings is 1. The van der Waals surface area contributed by atoms with Crippen LogP contribution < -0.4 is 14.8 Å². The smallest absolute Gasteiger partial charge is 0.161 e. The minimum atomic E-state index is 0. The second-order valence-electron chi connectivity index (χ2n) is 13.6. The molecule has 0 unspecified atom stereocenters. The van der Waals surface area contributed by atoms with Gasteiger partial charge in [0.2, 0.25) is 0 Å². The summed E-state index contributed by atoms with van der Waals surface area (Å²) >= 11 is 0. The zero-order valence-electron chi connectivity index (χ0n) is 30.7. The highest BCUT2D eigenvalue weighted by Gasteiger charge is 2.08. The van der Waals surface area contributed by atoms with Crippen LogP contribution in [0.15, 0.2) is 18.2 Å². The molecule has 0 aliphatic heterocycles. The zero-order valence-corrected chi connectivity index (χ0v) is 31.6. The molecule has 0 amide bonds. The van der Waals surface area contributed by atoms with Crippen LogP contribution in [0, 0.1) is 0 Å². The van der Waals surface area contributed by atoms with Gasteiger partial charge in [-0.05, 0) is 30.5 Å². The van der Waals surface area contributed by atoms with Crippen LogP contribution in [0.5, 0.6) is 11.5 Å². The van der Waals surface area contributed by atoms with Gasteiger partial charge in [-0.1, -0.05) is 187 Å². The lowest BCUT2D eigenvalue weighted by Crippen LogP contribution is -2.17. The highest BCUT2D eigenvalue weighted by atomic mass is 35.5. The van der Waals surface area contributed by atoms with Gasteiger partial charge in [-0.25, -0.2) is 0 Å². The monoisotopic (exact) mass is 668 g/mol. The molecule has 1 rings (SSSR count). The van der Waals surface area contributed by atoms with Crippen LogP contribution in [0.2, 0.25) is 0 Å². The first kappa shape index (κ1) is 45.0. The van der Waals surface area contributed by atoms with E-state index in [2.05, 4.69) is 37.4 Å². The van der Waals surface area contributed by atoms with Crippen molar-refractivity contribution in [2.75, 3.05) is 26.4 Å². The van der Waals surface area contributed by atoms with Crippen LogP contribution in [0.1, 0.15) is 199 Å². The van der Waals surface area contributed by atoms with Crippen molar-refractivity contribution in [2.45, 2.75) is 200 Å². The average molecular weight is 669 g/mol. The van der Waals surface area contributed by atoms with Gasteiger partial charge in [0.25, 0.3) is 0 Å². The van der Waals surface area contributed by atoms with Crippen LogP contribution in [0.25, 0.3) is 0 Å². The highest BCUT2D eigenvalue weighted by molar-refractivity contribution is 5.85. The lowest BCUT2D eigenvalue weighted by atomic mass is 10.0. The summed E-state index contributed by atoms with van der Waals surface area (Å²) in [6, 6.07) is 6.30. The Balaban J connectivity index is 0.0000202. The lowest BCUT2D eigenvalue weighted by Gasteiger charge is -2.15. The summed E-state index contributed by atoms with van der Waals surface area (Å²) in [5, 5.41) is 12.4. The number of hydrogen-bond acceptors (Lipinski definition) is 4. The van der Waals surface area contributed by atoms with Crippen molar-refractivity contribution in [1.82, 2.24) is 5.32 Å². The Bertz CT molecular complexity index is 732. The average Bonchev–Trinajstić information content (AvgIpc) is 3.05. The molecular formula is C41H78ClNO3. The molecule has 1 aromatic carbocycles. The van der Waals surface area contributed by atoms with E-state index >= 15 is 0 Å². The molecule has 0 aliphatic carbocycles. The number of halogens is 1. The van der Waals surface area contributed by atoms with E-state index in [1.165, 1.54) is 173 Å². The number of ether oxygens (including phenoxy) is 2. The quantitative estimate of drug-likeness (QED) is 0.0699. The number of nitrogens with one attached hydrogen (secondary N) is 1. The lowest BCUT2D eigenvalue weighted by molar-refractivity contribution is 0.258. The van der Waals surface area contributed by atoms with Crippen molar-refractivity contribution in [1.29, 1.82) is 0 Å². The van der Waals surface area contributed by atoms with E-state index in [9.17, 15) is 0 Å². The van der Waals surface area contributed by atoms with Crippen molar-refractivity contribution in [2.24, 2.45) is 0 Å². The summed E-state index contributed by atoms with van der Waals surface area (Å²) in [4.78, 5) is 0. The summed E-state index contributed by atoms with van der Waals surface area (Å²) in [5.41, 5.74) is 1.17. The molecule has 46 heavy (non-hydrogen) atoms. The molecule has 272 valence electrons. The van der Waals surface area contributed by atoms with E-state index in [4.69, 9.17) is 14.6 Å². The fourth-order valence-electron chi connectivity index (χ4n) is 6.16. The molecule has 1 aromatic rings. The minimum Gasteiger partial charge on any atom is -0.490 e. The van der Waals surface area contributed by atoms with E-state index in [1.807, 2.05) is 0 Å². The SMILES string of the molecule is CCCCCCCCCCCCCCCCOc1ccc(CNCCO)cc1OCCCCCCCCCCCCCCCC.Cl. The predicted octanol–water partition coefficient (Wildman–Crippen LogP) is 12.9. The minimum absolute atomic E-state index is 0. The molecule has 0 saturated heterocycles. The van der Waals surface area contributed by atoms with E-state index in [-0.39, 0.29) is 19.0 Å². The maximum atomic E-state index is 9.10. The Morgan fingerprint density at radius 1 is 0.478 bits per heavy atom. The van der Waals surface area contributed by atoms with Gasteiger partial charge in [-0.15, -0.1) is 12.4 Å². The van der Waals surface area contributed by atoms with E-state index in [0.29, 0.717) is 6.54 Å². The highest BCUT2D eigenvalue weighted by Crippen LogP contribution is 2.29. The van der Waals surface area contributed by atoms with Crippen LogP contribution in [-0.2, 0) is 6.54 Å². The number of hydrogen-bond donors (Lipinski definition) is 2.